The summed E-state index contributed by atoms with van der Waals surface area (Å²) in [4.78, 5) is 30.4. The van der Waals surface area contributed by atoms with Gasteiger partial charge in [0.1, 0.15) is 17.4 Å². The Balaban J connectivity index is 1.99. The summed E-state index contributed by atoms with van der Waals surface area (Å²) in [6.07, 6.45) is -5.74. The molecule has 0 saturated carbocycles. The molecule has 0 aliphatic carbocycles. The van der Waals surface area contributed by atoms with Crippen molar-refractivity contribution >= 4 is 23.2 Å². The fourth-order valence-corrected chi connectivity index (χ4v) is 2.94. The van der Waals surface area contributed by atoms with Crippen molar-refractivity contribution in [2.75, 3.05) is 13.7 Å². The Morgan fingerprint density at radius 3 is 2.25 bits per heavy atom. The maximum absolute atomic E-state index is 12.8. The SMILES string of the molecule is COc1ccc(N=C2C(=O)N(CCC(F)(F)F)C(=O)C2c2ccccc2)cc1. The van der Waals surface area contributed by atoms with Crippen LogP contribution < -0.4 is 4.74 Å². The summed E-state index contributed by atoms with van der Waals surface area (Å²) in [5.74, 6) is -1.96. The van der Waals surface area contributed by atoms with Gasteiger partial charge in [-0.1, -0.05) is 30.3 Å². The number of rotatable bonds is 5. The first-order chi connectivity index (χ1) is 13.3. The highest BCUT2D eigenvalue weighted by molar-refractivity contribution is 6.52. The standard InChI is InChI=1S/C20H17F3N2O3/c1-28-15-9-7-14(8-10-15)24-17-16(13-5-3-2-4-6-13)18(26)25(19(17)27)12-11-20(21,22)23/h2-10,16H,11-12H2,1H3. The fourth-order valence-electron chi connectivity index (χ4n) is 2.94. The summed E-state index contributed by atoms with van der Waals surface area (Å²) in [6.45, 7) is -0.730. The van der Waals surface area contributed by atoms with Gasteiger partial charge in [0.05, 0.1) is 19.2 Å². The molecule has 0 radical (unpaired) electrons. The summed E-state index contributed by atoms with van der Waals surface area (Å²) < 4.78 is 42.9. The number of benzene rings is 2. The highest BCUT2D eigenvalue weighted by Crippen LogP contribution is 2.31. The van der Waals surface area contributed by atoms with Crippen LogP contribution in [0.2, 0.25) is 0 Å². The first-order valence-corrected chi connectivity index (χ1v) is 8.50. The van der Waals surface area contributed by atoms with Crippen LogP contribution in [0.5, 0.6) is 5.75 Å². The molecule has 3 rings (SSSR count). The number of carbonyl (C=O) groups excluding carboxylic acids is 2. The molecule has 1 heterocycles. The summed E-state index contributed by atoms with van der Waals surface area (Å²) >= 11 is 0. The van der Waals surface area contributed by atoms with E-state index in [0.29, 0.717) is 21.9 Å². The number of nitrogens with zero attached hydrogens (tertiary/aromatic N) is 2. The first kappa shape index (κ1) is 19.6. The molecule has 1 saturated heterocycles. The Hall–Kier alpha value is -3.16. The van der Waals surface area contributed by atoms with Gasteiger partial charge in [-0.3, -0.25) is 14.5 Å². The van der Waals surface area contributed by atoms with Gasteiger partial charge < -0.3 is 4.74 Å². The number of halogens is 3. The topological polar surface area (TPSA) is 59.0 Å². The van der Waals surface area contributed by atoms with E-state index in [1.54, 1.807) is 54.6 Å². The summed E-state index contributed by atoms with van der Waals surface area (Å²) in [7, 11) is 1.50. The highest BCUT2D eigenvalue weighted by Gasteiger charge is 2.46. The molecule has 28 heavy (non-hydrogen) atoms. The molecule has 1 aliphatic heterocycles. The van der Waals surface area contributed by atoms with E-state index in [2.05, 4.69) is 4.99 Å². The number of imide groups is 1. The predicted octanol–water partition coefficient (Wildman–Crippen LogP) is 3.87. The van der Waals surface area contributed by atoms with Gasteiger partial charge in [-0.15, -0.1) is 0 Å². The number of hydrogen-bond acceptors (Lipinski definition) is 4. The van der Waals surface area contributed by atoms with Crippen LogP contribution in [0.25, 0.3) is 0 Å². The van der Waals surface area contributed by atoms with Crippen LogP contribution in [-0.2, 0) is 9.59 Å². The number of ether oxygens (including phenoxy) is 1. The Morgan fingerprint density at radius 1 is 1.04 bits per heavy atom. The minimum Gasteiger partial charge on any atom is -0.497 e. The molecule has 0 N–H and O–H groups in total. The quantitative estimate of drug-likeness (QED) is 0.729. The van der Waals surface area contributed by atoms with E-state index in [9.17, 15) is 22.8 Å². The molecular formula is C20H17F3N2O3. The van der Waals surface area contributed by atoms with E-state index in [-0.39, 0.29) is 5.71 Å². The highest BCUT2D eigenvalue weighted by atomic mass is 19.4. The van der Waals surface area contributed by atoms with Gasteiger partial charge in [-0.25, -0.2) is 4.99 Å². The Labute approximate surface area is 159 Å². The molecule has 0 aromatic heterocycles. The van der Waals surface area contributed by atoms with Crippen molar-refractivity contribution in [3.8, 4) is 5.75 Å². The lowest BCUT2D eigenvalue weighted by atomic mass is 9.96. The lowest BCUT2D eigenvalue weighted by Gasteiger charge is -2.15. The number of methoxy groups -OCH3 is 1. The van der Waals surface area contributed by atoms with Crippen LogP contribution in [-0.4, -0.2) is 42.3 Å². The fraction of sp³-hybridized carbons (Fsp3) is 0.250. The monoisotopic (exact) mass is 390 g/mol. The zero-order valence-corrected chi connectivity index (χ0v) is 14.9. The van der Waals surface area contributed by atoms with Gasteiger partial charge in [0, 0.05) is 6.54 Å². The van der Waals surface area contributed by atoms with Crippen LogP contribution in [0.15, 0.2) is 59.6 Å². The van der Waals surface area contributed by atoms with Crippen molar-refractivity contribution in [3.05, 3.63) is 60.2 Å². The van der Waals surface area contributed by atoms with E-state index in [4.69, 9.17) is 4.74 Å². The molecular weight excluding hydrogens is 373 g/mol. The molecule has 146 valence electrons. The number of alkyl halides is 3. The minimum absolute atomic E-state index is 0.0939. The van der Waals surface area contributed by atoms with E-state index in [1.165, 1.54) is 7.11 Å². The van der Waals surface area contributed by atoms with Crippen LogP contribution in [0.3, 0.4) is 0 Å². The first-order valence-electron chi connectivity index (χ1n) is 8.50. The number of hydrogen-bond donors (Lipinski definition) is 0. The van der Waals surface area contributed by atoms with Crippen molar-refractivity contribution in [2.45, 2.75) is 18.5 Å². The molecule has 0 spiro atoms. The largest absolute Gasteiger partial charge is 0.497 e. The molecule has 2 aromatic carbocycles. The van der Waals surface area contributed by atoms with Crippen LogP contribution in [0.1, 0.15) is 17.9 Å². The Bertz CT molecular complexity index is 893. The molecule has 1 aliphatic rings. The molecule has 1 unspecified atom stereocenters. The van der Waals surface area contributed by atoms with Crippen molar-refractivity contribution in [1.82, 2.24) is 4.90 Å². The maximum Gasteiger partial charge on any atom is 0.390 e. The predicted molar refractivity (Wildman–Crippen MR) is 96.7 cm³/mol. The molecule has 1 fully saturated rings. The van der Waals surface area contributed by atoms with E-state index in [0.717, 1.165) is 0 Å². The third kappa shape index (κ3) is 4.21. The zero-order chi connectivity index (χ0) is 20.3. The van der Waals surface area contributed by atoms with Gasteiger partial charge in [0.25, 0.3) is 5.91 Å². The maximum atomic E-state index is 12.8. The normalized spacial score (nSPS) is 18.8. The molecule has 0 bridgehead atoms. The van der Waals surface area contributed by atoms with Gasteiger partial charge in [-0.05, 0) is 29.8 Å². The molecule has 2 amide bonds. The third-order valence-electron chi connectivity index (χ3n) is 4.32. The molecule has 5 nitrogen and oxygen atoms in total. The third-order valence-corrected chi connectivity index (χ3v) is 4.32. The van der Waals surface area contributed by atoms with E-state index < -0.39 is 36.9 Å². The van der Waals surface area contributed by atoms with Gasteiger partial charge in [-0.2, -0.15) is 13.2 Å². The second kappa shape index (κ2) is 7.84. The summed E-state index contributed by atoms with van der Waals surface area (Å²) in [6, 6.07) is 14.9. The van der Waals surface area contributed by atoms with Crippen molar-refractivity contribution in [3.63, 3.8) is 0 Å². The molecule has 8 heteroatoms. The number of aliphatic imine (C=N–C) groups is 1. The lowest BCUT2D eigenvalue weighted by Crippen LogP contribution is -2.34. The van der Waals surface area contributed by atoms with Gasteiger partial charge >= 0.3 is 6.18 Å². The van der Waals surface area contributed by atoms with Crippen molar-refractivity contribution < 1.29 is 27.5 Å². The number of carbonyl (C=O) groups is 2. The van der Waals surface area contributed by atoms with Gasteiger partial charge in [0.2, 0.25) is 5.91 Å². The van der Waals surface area contributed by atoms with E-state index in [1.807, 2.05) is 0 Å². The van der Waals surface area contributed by atoms with E-state index >= 15 is 0 Å². The summed E-state index contributed by atoms with van der Waals surface area (Å²) in [5.41, 5.74) is 0.807. The van der Waals surface area contributed by atoms with Crippen LogP contribution in [0.4, 0.5) is 18.9 Å². The average Bonchev–Trinajstić information content (AvgIpc) is 2.90. The number of likely N-dealkylation sites (tertiary alicyclic amines) is 1. The lowest BCUT2D eigenvalue weighted by molar-refractivity contribution is -0.148. The smallest absolute Gasteiger partial charge is 0.390 e. The zero-order valence-electron chi connectivity index (χ0n) is 14.9. The van der Waals surface area contributed by atoms with Crippen LogP contribution in [0, 0.1) is 0 Å². The van der Waals surface area contributed by atoms with Crippen molar-refractivity contribution in [2.24, 2.45) is 4.99 Å². The van der Waals surface area contributed by atoms with Gasteiger partial charge in [0.15, 0.2) is 0 Å². The average molecular weight is 390 g/mol. The second-order valence-corrected chi connectivity index (χ2v) is 6.20. The minimum atomic E-state index is -4.47. The summed E-state index contributed by atoms with van der Waals surface area (Å²) in [5, 5.41) is 0. The Morgan fingerprint density at radius 2 is 1.68 bits per heavy atom. The molecule has 2 aromatic rings. The van der Waals surface area contributed by atoms with Crippen molar-refractivity contribution in [1.29, 1.82) is 0 Å². The second-order valence-electron chi connectivity index (χ2n) is 6.20. The number of amides is 2. The Kier molecular flexibility index (Phi) is 5.48. The molecule has 1 atom stereocenters. The van der Waals surface area contributed by atoms with Crippen LogP contribution >= 0.6 is 0 Å².